The van der Waals surface area contributed by atoms with Crippen LogP contribution in [-0.2, 0) is 24.2 Å². The van der Waals surface area contributed by atoms with E-state index >= 15 is 0 Å². The number of rotatable bonds is 7. The van der Waals surface area contributed by atoms with Gasteiger partial charge in [0.05, 0.1) is 13.7 Å². The molecule has 0 radical (unpaired) electrons. The smallest absolute Gasteiger partial charge is 0.240 e. The largest absolute Gasteiger partial charge is 0.497 e. The number of nitrogens with one attached hydrogen (secondary N) is 1. The number of ether oxygens (including phenoxy) is 2. The molecular weight excluding hydrogens is 340 g/mol. The second-order valence-corrected chi connectivity index (χ2v) is 6.85. The van der Waals surface area contributed by atoms with Crippen molar-refractivity contribution in [3.8, 4) is 11.5 Å². The van der Waals surface area contributed by atoms with E-state index in [0.717, 1.165) is 28.8 Å². The van der Waals surface area contributed by atoms with Crippen molar-refractivity contribution in [1.29, 1.82) is 0 Å². The molecule has 5 heteroatoms. The third kappa shape index (κ3) is 3.92. The van der Waals surface area contributed by atoms with E-state index < -0.39 is 0 Å². The van der Waals surface area contributed by atoms with E-state index in [1.54, 1.807) is 7.11 Å². The minimum atomic E-state index is -0.0270. The van der Waals surface area contributed by atoms with E-state index in [1.165, 1.54) is 24.0 Å². The van der Waals surface area contributed by atoms with Crippen LogP contribution in [0.5, 0.6) is 11.5 Å². The summed E-state index contributed by atoms with van der Waals surface area (Å²) in [4.78, 5) is 12.2. The number of amides is 1. The molecule has 0 atom stereocenters. The average Bonchev–Trinajstić information content (AvgIpc) is 3.31. The van der Waals surface area contributed by atoms with Gasteiger partial charge in [0.15, 0.2) is 0 Å². The number of carbonyl (C=O) groups is 1. The highest BCUT2D eigenvalue weighted by molar-refractivity contribution is 5.84. The van der Waals surface area contributed by atoms with Gasteiger partial charge in [0.2, 0.25) is 5.91 Å². The van der Waals surface area contributed by atoms with Crippen molar-refractivity contribution in [2.75, 3.05) is 20.3 Å². The van der Waals surface area contributed by atoms with Crippen LogP contribution >= 0.6 is 0 Å². The maximum absolute atomic E-state index is 12.2. The summed E-state index contributed by atoms with van der Waals surface area (Å²) in [5.74, 6) is 1.67. The van der Waals surface area contributed by atoms with E-state index in [4.69, 9.17) is 9.47 Å². The first kappa shape index (κ1) is 17.5. The number of methoxy groups -OCH3 is 1. The number of aryl methyl sites for hydroxylation is 2. The average molecular weight is 364 g/mol. The molecule has 0 fully saturated rings. The van der Waals surface area contributed by atoms with E-state index in [-0.39, 0.29) is 12.5 Å². The van der Waals surface area contributed by atoms with Crippen molar-refractivity contribution in [2.45, 2.75) is 25.8 Å². The highest BCUT2D eigenvalue weighted by Crippen LogP contribution is 2.26. The first-order valence-corrected chi connectivity index (χ1v) is 9.37. The van der Waals surface area contributed by atoms with Crippen molar-refractivity contribution in [1.82, 2.24) is 9.88 Å². The molecule has 5 nitrogen and oxygen atoms in total. The lowest BCUT2D eigenvalue weighted by molar-refractivity contribution is -0.121. The number of hydrogen-bond donors (Lipinski definition) is 1. The molecule has 0 spiro atoms. The van der Waals surface area contributed by atoms with Gasteiger partial charge in [-0.25, -0.2) is 0 Å². The highest BCUT2D eigenvalue weighted by atomic mass is 16.5. The molecule has 1 aromatic heterocycles. The van der Waals surface area contributed by atoms with Crippen LogP contribution in [-0.4, -0.2) is 30.7 Å². The lowest BCUT2D eigenvalue weighted by atomic mass is 10.1. The number of benzene rings is 2. The molecule has 0 bridgehead atoms. The van der Waals surface area contributed by atoms with Gasteiger partial charge in [-0.15, -0.1) is 0 Å². The molecular formula is C22H24N2O3. The molecule has 1 aliphatic rings. The van der Waals surface area contributed by atoms with Gasteiger partial charge in [0, 0.05) is 17.1 Å². The molecule has 27 heavy (non-hydrogen) atoms. The minimum absolute atomic E-state index is 0.0270. The standard InChI is InChI=1S/C22H24N2O3/c1-26-19-7-8-21-18(14-19)9-11-24(21)15-22(25)23-10-12-27-20-6-5-16-3-2-4-17(16)13-20/h5-9,11,13-14H,2-4,10,12,15H2,1H3,(H,23,25). The van der Waals surface area contributed by atoms with Gasteiger partial charge in [-0.2, -0.15) is 0 Å². The van der Waals surface area contributed by atoms with Gasteiger partial charge in [-0.1, -0.05) is 6.07 Å². The normalized spacial score (nSPS) is 12.8. The van der Waals surface area contributed by atoms with E-state index in [2.05, 4.69) is 17.4 Å². The summed E-state index contributed by atoms with van der Waals surface area (Å²) in [7, 11) is 1.65. The molecule has 1 N–H and O–H groups in total. The fourth-order valence-electron chi connectivity index (χ4n) is 3.65. The van der Waals surface area contributed by atoms with Crippen LogP contribution < -0.4 is 14.8 Å². The molecule has 1 heterocycles. The predicted octanol–water partition coefficient (Wildman–Crippen LogP) is 3.33. The van der Waals surface area contributed by atoms with Crippen molar-refractivity contribution >= 4 is 16.8 Å². The van der Waals surface area contributed by atoms with Crippen LogP contribution in [0.2, 0.25) is 0 Å². The van der Waals surface area contributed by atoms with E-state index in [9.17, 15) is 4.79 Å². The summed E-state index contributed by atoms with van der Waals surface area (Å²) in [6, 6.07) is 14.1. The number of carbonyl (C=O) groups excluding carboxylic acids is 1. The van der Waals surface area contributed by atoms with E-state index in [1.807, 2.05) is 41.1 Å². The molecule has 0 saturated heterocycles. The van der Waals surface area contributed by atoms with Gasteiger partial charge >= 0.3 is 0 Å². The Bertz CT molecular complexity index is 961. The third-order valence-electron chi connectivity index (χ3n) is 5.06. The predicted molar refractivity (Wildman–Crippen MR) is 105 cm³/mol. The Hall–Kier alpha value is -2.95. The number of hydrogen-bond acceptors (Lipinski definition) is 3. The molecule has 1 amide bonds. The van der Waals surface area contributed by atoms with Gasteiger partial charge in [0.25, 0.3) is 0 Å². The Morgan fingerprint density at radius 1 is 1.07 bits per heavy atom. The topological polar surface area (TPSA) is 52.5 Å². The lowest BCUT2D eigenvalue weighted by Gasteiger charge is -2.10. The van der Waals surface area contributed by atoms with Crippen molar-refractivity contribution in [3.05, 3.63) is 59.8 Å². The molecule has 2 aromatic carbocycles. The Balaban J connectivity index is 1.26. The van der Waals surface area contributed by atoms with Crippen LogP contribution in [0.4, 0.5) is 0 Å². The molecule has 0 saturated carbocycles. The summed E-state index contributed by atoms with van der Waals surface area (Å²) in [5.41, 5.74) is 3.85. The van der Waals surface area contributed by atoms with Gasteiger partial charge in [-0.3, -0.25) is 4.79 Å². The van der Waals surface area contributed by atoms with Crippen molar-refractivity contribution in [2.24, 2.45) is 0 Å². The van der Waals surface area contributed by atoms with Crippen LogP contribution in [0, 0.1) is 0 Å². The second kappa shape index (κ2) is 7.74. The molecule has 140 valence electrons. The summed E-state index contributed by atoms with van der Waals surface area (Å²) in [5, 5.41) is 3.98. The molecule has 1 aliphatic carbocycles. The van der Waals surface area contributed by atoms with Crippen molar-refractivity contribution in [3.63, 3.8) is 0 Å². The summed E-state index contributed by atoms with van der Waals surface area (Å²) in [6.07, 6.45) is 5.47. The van der Waals surface area contributed by atoms with Crippen LogP contribution in [0.1, 0.15) is 17.5 Å². The Kier molecular flexibility index (Phi) is 5.01. The first-order chi connectivity index (χ1) is 13.2. The number of aromatic nitrogens is 1. The summed E-state index contributed by atoms with van der Waals surface area (Å²) in [6.45, 7) is 1.24. The summed E-state index contributed by atoms with van der Waals surface area (Å²) >= 11 is 0. The minimum Gasteiger partial charge on any atom is -0.497 e. The zero-order chi connectivity index (χ0) is 18.6. The van der Waals surface area contributed by atoms with Crippen molar-refractivity contribution < 1.29 is 14.3 Å². The first-order valence-electron chi connectivity index (χ1n) is 9.37. The highest BCUT2D eigenvalue weighted by Gasteiger charge is 2.11. The van der Waals surface area contributed by atoms with Gasteiger partial charge < -0.3 is 19.4 Å². The fourth-order valence-corrected chi connectivity index (χ4v) is 3.65. The lowest BCUT2D eigenvalue weighted by Crippen LogP contribution is -2.31. The maximum atomic E-state index is 12.2. The van der Waals surface area contributed by atoms with Crippen LogP contribution in [0.15, 0.2) is 48.7 Å². The summed E-state index contributed by atoms with van der Waals surface area (Å²) < 4.78 is 12.9. The third-order valence-corrected chi connectivity index (χ3v) is 5.06. The molecule has 4 rings (SSSR count). The SMILES string of the molecule is COc1ccc2c(ccn2CC(=O)NCCOc2ccc3c(c2)CCC3)c1. The quantitative estimate of drug-likeness (QED) is 0.654. The fraction of sp³-hybridized carbons (Fsp3) is 0.318. The van der Waals surface area contributed by atoms with E-state index in [0.29, 0.717) is 13.2 Å². The maximum Gasteiger partial charge on any atom is 0.240 e. The monoisotopic (exact) mass is 364 g/mol. The Labute approximate surface area is 158 Å². The zero-order valence-corrected chi connectivity index (χ0v) is 15.5. The molecule has 3 aromatic rings. The Morgan fingerprint density at radius 2 is 1.93 bits per heavy atom. The van der Waals surface area contributed by atoms with Gasteiger partial charge in [-0.05, 0) is 66.8 Å². The molecule has 0 aliphatic heterocycles. The van der Waals surface area contributed by atoms with Crippen LogP contribution in [0.25, 0.3) is 10.9 Å². The number of nitrogens with zero attached hydrogens (tertiary/aromatic N) is 1. The number of fused-ring (bicyclic) bond motifs is 2. The van der Waals surface area contributed by atoms with Crippen LogP contribution in [0.3, 0.4) is 0 Å². The second-order valence-electron chi connectivity index (χ2n) is 6.85. The zero-order valence-electron chi connectivity index (χ0n) is 15.5. The Morgan fingerprint density at radius 3 is 2.81 bits per heavy atom. The van der Waals surface area contributed by atoms with Gasteiger partial charge in [0.1, 0.15) is 24.7 Å². The molecule has 0 unspecified atom stereocenters.